The van der Waals surface area contributed by atoms with Crippen LogP contribution < -0.4 is 5.73 Å². The molecule has 2 N–H and O–H groups in total. The second-order valence-electron chi connectivity index (χ2n) is 2.73. The number of aromatic nitrogens is 1. The Hall–Kier alpha value is -1.16. The van der Waals surface area contributed by atoms with Gasteiger partial charge in [-0.25, -0.2) is 4.39 Å². The van der Waals surface area contributed by atoms with Crippen molar-refractivity contribution in [3.05, 3.63) is 34.7 Å². The third kappa shape index (κ3) is 1.49. The van der Waals surface area contributed by atoms with Gasteiger partial charge in [0.1, 0.15) is 5.82 Å². The summed E-state index contributed by atoms with van der Waals surface area (Å²) in [6.07, 6.45) is 1.55. The summed E-state index contributed by atoms with van der Waals surface area (Å²) >= 11 is 3.09. The molecule has 0 unspecified atom stereocenters. The molecule has 0 bridgehead atoms. The van der Waals surface area contributed by atoms with Crippen molar-refractivity contribution in [2.24, 2.45) is 0 Å². The van der Waals surface area contributed by atoms with E-state index in [0.29, 0.717) is 15.5 Å². The summed E-state index contributed by atoms with van der Waals surface area (Å²) in [5.74, 6) is -0.306. The molecule has 2 aromatic rings. The molecule has 0 atom stereocenters. The lowest BCUT2D eigenvalue weighted by molar-refractivity contribution is 0.623. The monoisotopic (exact) mass is 240 g/mol. The Bertz CT molecular complexity index is 470. The highest BCUT2D eigenvalue weighted by Crippen LogP contribution is 2.22. The maximum atomic E-state index is 13.1. The average Bonchev–Trinajstić information content (AvgIpc) is 2.08. The van der Waals surface area contributed by atoms with Crippen LogP contribution in [0.5, 0.6) is 0 Å². The second kappa shape index (κ2) is 2.96. The fraction of sp³-hybridized carbons (Fsp3) is 0. The van der Waals surface area contributed by atoms with E-state index in [1.54, 1.807) is 18.3 Å². The maximum absolute atomic E-state index is 13.1. The normalized spacial score (nSPS) is 10.6. The summed E-state index contributed by atoms with van der Waals surface area (Å²) in [6.45, 7) is 0. The van der Waals surface area contributed by atoms with Gasteiger partial charge >= 0.3 is 0 Å². The topological polar surface area (TPSA) is 38.9 Å². The third-order valence-corrected chi connectivity index (χ3v) is 2.35. The van der Waals surface area contributed by atoms with Crippen LogP contribution in [0.15, 0.2) is 28.9 Å². The van der Waals surface area contributed by atoms with Crippen molar-refractivity contribution >= 4 is 32.5 Å². The average molecular weight is 241 g/mol. The first kappa shape index (κ1) is 8.44. The van der Waals surface area contributed by atoms with Crippen LogP contribution in [0.4, 0.5) is 10.1 Å². The van der Waals surface area contributed by atoms with E-state index < -0.39 is 0 Å². The summed E-state index contributed by atoms with van der Waals surface area (Å²) < 4.78 is 13.5. The van der Waals surface area contributed by atoms with Gasteiger partial charge in [-0.1, -0.05) is 0 Å². The molecule has 0 saturated carbocycles. The van der Waals surface area contributed by atoms with Gasteiger partial charge in [0.15, 0.2) is 0 Å². The number of anilines is 1. The van der Waals surface area contributed by atoms with E-state index in [1.807, 2.05) is 0 Å². The molecule has 0 amide bonds. The van der Waals surface area contributed by atoms with Gasteiger partial charge in [0.25, 0.3) is 0 Å². The zero-order valence-electron chi connectivity index (χ0n) is 6.59. The molecule has 1 heterocycles. The lowest BCUT2D eigenvalue weighted by Crippen LogP contribution is -1.88. The Morgan fingerprint density at radius 3 is 2.85 bits per heavy atom. The minimum absolute atomic E-state index is 0.306. The van der Waals surface area contributed by atoms with E-state index >= 15 is 0 Å². The Morgan fingerprint density at radius 2 is 2.08 bits per heavy atom. The van der Waals surface area contributed by atoms with E-state index in [9.17, 15) is 4.39 Å². The summed E-state index contributed by atoms with van der Waals surface area (Å²) in [5, 5.41) is 0.709. The number of nitrogens with two attached hydrogens (primary N) is 1. The predicted molar refractivity (Wildman–Crippen MR) is 53.8 cm³/mol. The van der Waals surface area contributed by atoms with Gasteiger partial charge in [0.2, 0.25) is 0 Å². The Labute approximate surface area is 82.7 Å². The molecule has 0 radical (unpaired) electrons. The SMILES string of the molecule is Nc1cnc2cc(Br)c(F)cc2c1. The number of pyridine rings is 1. The fourth-order valence-corrected chi connectivity index (χ4v) is 1.47. The molecular formula is C9H6BrFN2. The van der Waals surface area contributed by atoms with E-state index in [0.717, 1.165) is 5.52 Å². The van der Waals surface area contributed by atoms with E-state index in [1.165, 1.54) is 6.07 Å². The van der Waals surface area contributed by atoms with Gasteiger partial charge in [0.05, 0.1) is 21.9 Å². The van der Waals surface area contributed by atoms with Gasteiger partial charge in [-0.15, -0.1) is 0 Å². The van der Waals surface area contributed by atoms with Crippen LogP contribution >= 0.6 is 15.9 Å². The van der Waals surface area contributed by atoms with Crippen molar-refractivity contribution in [1.29, 1.82) is 0 Å². The molecular weight excluding hydrogens is 235 g/mol. The number of hydrogen-bond acceptors (Lipinski definition) is 2. The smallest absolute Gasteiger partial charge is 0.138 e. The minimum Gasteiger partial charge on any atom is -0.397 e. The van der Waals surface area contributed by atoms with Gasteiger partial charge in [-0.3, -0.25) is 4.98 Å². The number of nitrogens with zero attached hydrogens (tertiary/aromatic N) is 1. The third-order valence-electron chi connectivity index (χ3n) is 1.74. The molecule has 0 aliphatic rings. The number of rotatable bonds is 0. The maximum Gasteiger partial charge on any atom is 0.138 e. The molecule has 0 saturated heterocycles. The van der Waals surface area contributed by atoms with Crippen LogP contribution in [0.1, 0.15) is 0 Å². The first-order valence-electron chi connectivity index (χ1n) is 3.67. The molecule has 1 aromatic carbocycles. The number of halogens is 2. The zero-order valence-corrected chi connectivity index (χ0v) is 8.18. The molecule has 0 aliphatic heterocycles. The number of fused-ring (bicyclic) bond motifs is 1. The van der Waals surface area contributed by atoms with E-state index in [4.69, 9.17) is 5.73 Å². The summed E-state index contributed by atoms with van der Waals surface area (Å²) in [6, 6.07) is 4.73. The summed E-state index contributed by atoms with van der Waals surface area (Å²) in [4.78, 5) is 4.06. The molecule has 66 valence electrons. The molecule has 0 fully saturated rings. The van der Waals surface area contributed by atoms with Gasteiger partial charge in [0, 0.05) is 5.39 Å². The number of benzene rings is 1. The quantitative estimate of drug-likeness (QED) is 0.770. The minimum atomic E-state index is -0.306. The molecule has 2 nitrogen and oxygen atoms in total. The Balaban J connectivity index is 2.81. The second-order valence-corrected chi connectivity index (χ2v) is 3.58. The van der Waals surface area contributed by atoms with Crippen molar-refractivity contribution < 1.29 is 4.39 Å². The first-order chi connectivity index (χ1) is 6.16. The Morgan fingerprint density at radius 1 is 1.31 bits per heavy atom. The van der Waals surface area contributed by atoms with E-state index in [2.05, 4.69) is 20.9 Å². The van der Waals surface area contributed by atoms with Crippen molar-refractivity contribution in [3.8, 4) is 0 Å². The molecule has 1 aromatic heterocycles. The van der Waals surface area contributed by atoms with Crippen LogP contribution in [0.25, 0.3) is 10.9 Å². The highest BCUT2D eigenvalue weighted by Gasteiger charge is 2.02. The van der Waals surface area contributed by atoms with Crippen LogP contribution in [0.3, 0.4) is 0 Å². The van der Waals surface area contributed by atoms with Gasteiger partial charge < -0.3 is 5.73 Å². The fourth-order valence-electron chi connectivity index (χ4n) is 1.14. The van der Waals surface area contributed by atoms with Crippen LogP contribution in [-0.4, -0.2) is 4.98 Å². The van der Waals surface area contributed by atoms with E-state index in [-0.39, 0.29) is 5.82 Å². The lowest BCUT2D eigenvalue weighted by atomic mass is 10.2. The molecule has 4 heteroatoms. The van der Waals surface area contributed by atoms with Crippen molar-refractivity contribution in [1.82, 2.24) is 4.98 Å². The molecule has 13 heavy (non-hydrogen) atoms. The zero-order chi connectivity index (χ0) is 9.42. The number of nitrogen functional groups attached to an aromatic ring is 1. The number of hydrogen-bond donors (Lipinski definition) is 1. The molecule has 0 aliphatic carbocycles. The standard InChI is InChI=1S/C9H6BrFN2/c10-7-3-9-5(2-8(7)11)1-6(12)4-13-9/h1-4H,12H2. The summed E-state index contributed by atoms with van der Waals surface area (Å²) in [5.41, 5.74) is 6.78. The largest absolute Gasteiger partial charge is 0.397 e. The highest BCUT2D eigenvalue weighted by atomic mass is 79.9. The van der Waals surface area contributed by atoms with Crippen LogP contribution in [-0.2, 0) is 0 Å². The molecule has 0 spiro atoms. The summed E-state index contributed by atoms with van der Waals surface area (Å²) in [7, 11) is 0. The first-order valence-corrected chi connectivity index (χ1v) is 4.46. The van der Waals surface area contributed by atoms with Gasteiger partial charge in [-0.05, 0) is 34.1 Å². The molecule has 2 rings (SSSR count). The van der Waals surface area contributed by atoms with Crippen molar-refractivity contribution in [2.45, 2.75) is 0 Å². The highest BCUT2D eigenvalue weighted by molar-refractivity contribution is 9.10. The van der Waals surface area contributed by atoms with Crippen molar-refractivity contribution in [2.75, 3.05) is 5.73 Å². The Kier molecular flexibility index (Phi) is 1.92. The van der Waals surface area contributed by atoms with Gasteiger partial charge in [-0.2, -0.15) is 0 Å². The van der Waals surface area contributed by atoms with Crippen LogP contribution in [0, 0.1) is 5.82 Å². The van der Waals surface area contributed by atoms with Crippen molar-refractivity contribution in [3.63, 3.8) is 0 Å². The van der Waals surface area contributed by atoms with Crippen LogP contribution in [0.2, 0.25) is 0 Å². The lowest BCUT2D eigenvalue weighted by Gasteiger charge is -2.00. The predicted octanol–water partition coefficient (Wildman–Crippen LogP) is 2.72.